The lowest BCUT2D eigenvalue weighted by Crippen LogP contribution is -2.46. The first-order chi connectivity index (χ1) is 5.88. The molecule has 3 heteroatoms. The average Bonchev–Trinajstić information content (AvgIpc) is 2.21. The summed E-state index contributed by atoms with van der Waals surface area (Å²) in [4.78, 5) is 23.3. The van der Waals surface area contributed by atoms with E-state index in [0.29, 0.717) is 12.8 Å². The van der Waals surface area contributed by atoms with Crippen molar-refractivity contribution in [3.05, 3.63) is 0 Å². The Labute approximate surface area is 77.1 Å². The number of fused-ring (bicyclic) bond motifs is 2. The highest BCUT2D eigenvalue weighted by Crippen LogP contribution is 2.49. The molecule has 2 aliphatic rings. The van der Waals surface area contributed by atoms with E-state index in [2.05, 4.69) is 0 Å². The van der Waals surface area contributed by atoms with Crippen LogP contribution in [0.1, 0.15) is 33.1 Å². The van der Waals surface area contributed by atoms with Crippen molar-refractivity contribution in [2.45, 2.75) is 38.7 Å². The lowest BCUT2D eigenvalue weighted by atomic mass is 9.69. The summed E-state index contributed by atoms with van der Waals surface area (Å²) in [6, 6.07) is 0. The maximum atomic E-state index is 11.8. The van der Waals surface area contributed by atoms with E-state index in [1.54, 1.807) is 13.8 Å². The number of hydrogen-bond acceptors (Lipinski definition) is 3. The van der Waals surface area contributed by atoms with Gasteiger partial charge in [-0.3, -0.25) is 9.59 Å². The Morgan fingerprint density at radius 1 is 1.31 bits per heavy atom. The molecule has 0 radical (unpaired) electrons. The van der Waals surface area contributed by atoms with Gasteiger partial charge in [0.2, 0.25) is 0 Å². The summed E-state index contributed by atoms with van der Waals surface area (Å²) in [5, 5.41) is 9.89. The summed E-state index contributed by atoms with van der Waals surface area (Å²) >= 11 is 0. The molecule has 3 atom stereocenters. The van der Waals surface area contributed by atoms with E-state index in [9.17, 15) is 14.7 Å². The zero-order valence-corrected chi connectivity index (χ0v) is 7.96. The first-order valence-electron chi connectivity index (χ1n) is 4.68. The zero-order chi connectivity index (χ0) is 9.85. The van der Waals surface area contributed by atoms with Gasteiger partial charge in [-0.15, -0.1) is 0 Å². The quantitative estimate of drug-likeness (QED) is 0.561. The lowest BCUT2D eigenvalue weighted by molar-refractivity contribution is -0.144. The normalized spacial score (nSPS) is 49.9. The highest BCUT2D eigenvalue weighted by molar-refractivity contribution is 6.14. The number of ketones is 2. The molecule has 0 aromatic rings. The molecule has 3 nitrogen and oxygen atoms in total. The maximum absolute atomic E-state index is 11.8. The molecule has 0 aromatic carbocycles. The third kappa shape index (κ3) is 0.937. The molecular formula is C10H14O3. The number of hydrogen-bond donors (Lipinski definition) is 1. The second-order valence-electron chi connectivity index (χ2n) is 4.73. The molecule has 2 saturated carbocycles. The SMILES string of the molecule is C[C@@]12CC[C@](C)(O)[C@@H](CC1=O)C2=O. The Balaban J connectivity index is 2.44. The van der Waals surface area contributed by atoms with E-state index in [1.807, 2.05) is 0 Å². The van der Waals surface area contributed by atoms with Gasteiger partial charge < -0.3 is 5.11 Å². The van der Waals surface area contributed by atoms with Crippen LogP contribution in [-0.4, -0.2) is 22.3 Å². The maximum Gasteiger partial charge on any atom is 0.152 e. The summed E-state index contributed by atoms with van der Waals surface area (Å²) in [6.45, 7) is 3.38. The summed E-state index contributed by atoms with van der Waals surface area (Å²) < 4.78 is 0. The largest absolute Gasteiger partial charge is 0.389 e. The fraction of sp³-hybridized carbons (Fsp3) is 0.800. The van der Waals surface area contributed by atoms with E-state index >= 15 is 0 Å². The molecule has 2 fully saturated rings. The van der Waals surface area contributed by atoms with Gasteiger partial charge in [0.15, 0.2) is 5.78 Å². The summed E-state index contributed by atoms with van der Waals surface area (Å²) in [5.41, 5.74) is -1.73. The van der Waals surface area contributed by atoms with Crippen LogP contribution in [0.2, 0.25) is 0 Å². The van der Waals surface area contributed by atoms with Crippen LogP contribution >= 0.6 is 0 Å². The van der Waals surface area contributed by atoms with Crippen molar-refractivity contribution in [2.24, 2.45) is 11.3 Å². The second kappa shape index (κ2) is 2.21. The van der Waals surface area contributed by atoms with E-state index in [0.717, 1.165) is 0 Å². The van der Waals surface area contributed by atoms with Gasteiger partial charge in [-0.1, -0.05) is 0 Å². The minimum atomic E-state index is -0.956. The van der Waals surface area contributed by atoms with Crippen LogP contribution in [0.25, 0.3) is 0 Å². The molecule has 0 heterocycles. The van der Waals surface area contributed by atoms with Crippen molar-refractivity contribution in [3.63, 3.8) is 0 Å². The van der Waals surface area contributed by atoms with E-state index < -0.39 is 16.9 Å². The zero-order valence-electron chi connectivity index (χ0n) is 7.96. The third-order valence-corrected chi connectivity index (χ3v) is 3.75. The molecule has 2 aliphatic carbocycles. The second-order valence-corrected chi connectivity index (χ2v) is 4.73. The molecule has 2 rings (SSSR count). The fourth-order valence-electron chi connectivity index (χ4n) is 2.47. The predicted octanol–water partition coefficient (Wildman–Crippen LogP) is 0.696. The van der Waals surface area contributed by atoms with E-state index in [1.165, 1.54) is 0 Å². The monoisotopic (exact) mass is 182 g/mol. The predicted molar refractivity (Wildman–Crippen MR) is 46.1 cm³/mol. The number of carbonyl (C=O) groups excluding carboxylic acids is 2. The lowest BCUT2D eigenvalue weighted by Gasteiger charge is -2.36. The number of carbonyl (C=O) groups is 2. The molecule has 0 aliphatic heterocycles. The van der Waals surface area contributed by atoms with Crippen LogP contribution in [0.3, 0.4) is 0 Å². The number of rotatable bonds is 0. The molecular weight excluding hydrogens is 168 g/mol. The van der Waals surface area contributed by atoms with Gasteiger partial charge >= 0.3 is 0 Å². The van der Waals surface area contributed by atoms with Crippen LogP contribution in [0.5, 0.6) is 0 Å². The summed E-state index contributed by atoms with van der Waals surface area (Å²) in [6.07, 6.45) is 1.31. The van der Waals surface area contributed by atoms with Crippen molar-refractivity contribution in [1.29, 1.82) is 0 Å². The standard InChI is InChI=1S/C10H14O3/c1-9-3-4-10(2,13)6(8(9)12)5-7(9)11/h6,13H,3-5H2,1-2H3/t6-,9+,10-/m0/s1. The molecule has 0 saturated heterocycles. The van der Waals surface area contributed by atoms with Crippen LogP contribution in [0.4, 0.5) is 0 Å². The molecule has 0 aromatic heterocycles. The Morgan fingerprint density at radius 2 is 1.92 bits per heavy atom. The minimum Gasteiger partial charge on any atom is -0.389 e. The van der Waals surface area contributed by atoms with Crippen molar-refractivity contribution < 1.29 is 14.7 Å². The molecule has 0 spiro atoms. The smallest absolute Gasteiger partial charge is 0.152 e. The Morgan fingerprint density at radius 3 is 2.46 bits per heavy atom. The van der Waals surface area contributed by atoms with Crippen LogP contribution in [0.15, 0.2) is 0 Å². The van der Waals surface area contributed by atoms with E-state index in [-0.39, 0.29) is 18.0 Å². The van der Waals surface area contributed by atoms with Gasteiger partial charge in [-0.2, -0.15) is 0 Å². The first kappa shape index (κ1) is 8.88. The van der Waals surface area contributed by atoms with Crippen LogP contribution in [-0.2, 0) is 9.59 Å². The number of aliphatic hydroxyl groups is 1. The van der Waals surface area contributed by atoms with Crippen molar-refractivity contribution in [1.82, 2.24) is 0 Å². The van der Waals surface area contributed by atoms with Crippen molar-refractivity contribution >= 4 is 11.6 Å². The van der Waals surface area contributed by atoms with Gasteiger partial charge in [0, 0.05) is 6.42 Å². The third-order valence-electron chi connectivity index (χ3n) is 3.75. The van der Waals surface area contributed by atoms with Gasteiger partial charge in [-0.05, 0) is 26.7 Å². The topological polar surface area (TPSA) is 54.4 Å². The van der Waals surface area contributed by atoms with Crippen LogP contribution in [0, 0.1) is 11.3 Å². The first-order valence-corrected chi connectivity index (χ1v) is 4.68. The van der Waals surface area contributed by atoms with Crippen molar-refractivity contribution in [2.75, 3.05) is 0 Å². The van der Waals surface area contributed by atoms with Crippen LogP contribution < -0.4 is 0 Å². The Kier molecular flexibility index (Phi) is 1.51. The summed E-state index contributed by atoms with van der Waals surface area (Å²) in [5.74, 6) is -0.479. The van der Waals surface area contributed by atoms with E-state index in [4.69, 9.17) is 0 Å². The van der Waals surface area contributed by atoms with Gasteiger partial charge in [0.1, 0.15) is 5.78 Å². The molecule has 2 bridgehead atoms. The molecule has 72 valence electrons. The molecule has 0 amide bonds. The Hall–Kier alpha value is -0.700. The van der Waals surface area contributed by atoms with Gasteiger partial charge in [0.05, 0.1) is 16.9 Å². The molecule has 1 N–H and O–H groups in total. The highest BCUT2D eigenvalue weighted by Gasteiger charge is 2.60. The average molecular weight is 182 g/mol. The Bertz CT molecular complexity index is 293. The minimum absolute atomic E-state index is 0.0141. The highest BCUT2D eigenvalue weighted by atomic mass is 16.3. The van der Waals surface area contributed by atoms with Crippen molar-refractivity contribution in [3.8, 4) is 0 Å². The number of Topliss-reactive ketones (excluding diaryl/α,β-unsaturated/α-hetero) is 2. The van der Waals surface area contributed by atoms with Gasteiger partial charge in [0.25, 0.3) is 0 Å². The molecule has 13 heavy (non-hydrogen) atoms. The summed E-state index contributed by atoms with van der Waals surface area (Å²) in [7, 11) is 0. The fourth-order valence-corrected chi connectivity index (χ4v) is 2.47. The molecule has 0 unspecified atom stereocenters. The van der Waals surface area contributed by atoms with Gasteiger partial charge in [-0.25, -0.2) is 0 Å².